The molecule has 0 saturated carbocycles. The van der Waals surface area contributed by atoms with E-state index in [0.717, 1.165) is 20.6 Å². The fraction of sp³-hybridized carbons (Fsp3) is 0.643. The largest absolute Gasteiger partial charge is 0.346 e. The van der Waals surface area contributed by atoms with Gasteiger partial charge in [0, 0.05) is 5.54 Å². The molecule has 0 aliphatic heterocycles. The summed E-state index contributed by atoms with van der Waals surface area (Å²) < 4.78 is 1.03. The first-order valence-electron chi connectivity index (χ1n) is 6.09. The third-order valence-corrected chi connectivity index (χ3v) is 4.64. The standard InChI is InChI=1S/C14H22BrNOS/c1-9-7-10(18-11(9)15)12(17)16-14(5,6)8-13(2,3)4/h7H,8H2,1-6H3,(H,16,17). The predicted octanol–water partition coefficient (Wildman–Crippen LogP) is 4.76. The second kappa shape index (κ2) is 5.33. The van der Waals surface area contributed by atoms with Crippen LogP contribution in [-0.4, -0.2) is 11.4 Å². The van der Waals surface area contributed by atoms with Crippen LogP contribution >= 0.6 is 27.3 Å². The van der Waals surface area contributed by atoms with Crippen molar-refractivity contribution in [2.45, 2.75) is 53.5 Å². The molecule has 0 aromatic carbocycles. The molecule has 0 unspecified atom stereocenters. The highest BCUT2D eigenvalue weighted by molar-refractivity contribution is 9.11. The van der Waals surface area contributed by atoms with Crippen LogP contribution < -0.4 is 5.32 Å². The number of hydrogen-bond acceptors (Lipinski definition) is 2. The van der Waals surface area contributed by atoms with Crippen LogP contribution in [0.5, 0.6) is 0 Å². The molecule has 0 radical (unpaired) electrons. The number of carbonyl (C=O) groups excluding carboxylic acids is 1. The molecule has 2 nitrogen and oxygen atoms in total. The molecule has 1 aromatic rings. The summed E-state index contributed by atoms with van der Waals surface area (Å²) in [6.45, 7) is 12.7. The molecule has 0 aliphatic carbocycles. The Morgan fingerprint density at radius 3 is 2.28 bits per heavy atom. The van der Waals surface area contributed by atoms with Gasteiger partial charge in [0.25, 0.3) is 5.91 Å². The SMILES string of the molecule is Cc1cc(C(=O)NC(C)(C)CC(C)(C)C)sc1Br. The third kappa shape index (κ3) is 4.73. The lowest BCUT2D eigenvalue weighted by Crippen LogP contribution is -2.45. The van der Waals surface area contributed by atoms with Crippen molar-refractivity contribution in [3.63, 3.8) is 0 Å². The Hall–Kier alpha value is -0.350. The molecule has 18 heavy (non-hydrogen) atoms. The molecular formula is C14H22BrNOS. The van der Waals surface area contributed by atoms with Crippen molar-refractivity contribution in [3.05, 3.63) is 20.3 Å². The smallest absolute Gasteiger partial charge is 0.261 e. The van der Waals surface area contributed by atoms with Crippen LogP contribution in [0.1, 0.15) is 56.3 Å². The second-order valence-electron chi connectivity index (χ2n) is 6.64. The number of aryl methyl sites for hydroxylation is 1. The van der Waals surface area contributed by atoms with Gasteiger partial charge in [-0.25, -0.2) is 0 Å². The first kappa shape index (κ1) is 15.7. The van der Waals surface area contributed by atoms with Crippen LogP contribution in [0.4, 0.5) is 0 Å². The molecule has 0 bridgehead atoms. The quantitative estimate of drug-likeness (QED) is 0.849. The van der Waals surface area contributed by atoms with E-state index in [2.05, 4.69) is 55.9 Å². The maximum Gasteiger partial charge on any atom is 0.261 e. The Bertz CT molecular complexity index is 424. The summed E-state index contributed by atoms with van der Waals surface area (Å²) in [6.07, 6.45) is 0.942. The summed E-state index contributed by atoms with van der Waals surface area (Å²) in [5, 5.41) is 3.12. The molecule has 1 aromatic heterocycles. The van der Waals surface area contributed by atoms with Gasteiger partial charge in [-0.3, -0.25) is 4.79 Å². The molecule has 0 saturated heterocycles. The zero-order valence-corrected chi connectivity index (χ0v) is 14.4. The highest BCUT2D eigenvalue weighted by atomic mass is 79.9. The van der Waals surface area contributed by atoms with E-state index in [4.69, 9.17) is 0 Å². The zero-order chi connectivity index (χ0) is 14.1. The van der Waals surface area contributed by atoms with Gasteiger partial charge >= 0.3 is 0 Å². The van der Waals surface area contributed by atoms with Crippen molar-refractivity contribution in [1.82, 2.24) is 5.32 Å². The summed E-state index contributed by atoms with van der Waals surface area (Å²) in [5.41, 5.74) is 1.11. The fourth-order valence-electron chi connectivity index (χ4n) is 2.31. The van der Waals surface area contributed by atoms with E-state index in [9.17, 15) is 4.79 Å². The van der Waals surface area contributed by atoms with Crippen LogP contribution in [-0.2, 0) is 0 Å². The van der Waals surface area contributed by atoms with Gasteiger partial charge in [0.05, 0.1) is 8.66 Å². The van der Waals surface area contributed by atoms with Crippen LogP contribution in [0, 0.1) is 12.3 Å². The van der Waals surface area contributed by atoms with Gasteiger partial charge in [-0.05, 0) is 60.2 Å². The third-order valence-electron chi connectivity index (χ3n) is 2.51. The molecule has 102 valence electrons. The van der Waals surface area contributed by atoms with Gasteiger partial charge in [-0.1, -0.05) is 20.8 Å². The number of amides is 1. The number of hydrogen-bond donors (Lipinski definition) is 1. The van der Waals surface area contributed by atoms with Gasteiger partial charge in [0.1, 0.15) is 0 Å². The van der Waals surface area contributed by atoms with Crippen LogP contribution in [0.15, 0.2) is 9.85 Å². The molecule has 0 atom stereocenters. The molecule has 1 rings (SSSR count). The molecule has 0 spiro atoms. The van der Waals surface area contributed by atoms with Gasteiger partial charge in [-0.2, -0.15) is 0 Å². The number of nitrogens with one attached hydrogen (secondary N) is 1. The van der Waals surface area contributed by atoms with Gasteiger partial charge in [0.15, 0.2) is 0 Å². The van der Waals surface area contributed by atoms with Gasteiger partial charge < -0.3 is 5.32 Å². The summed E-state index contributed by atoms with van der Waals surface area (Å²) in [4.78, 5) is 13.0. The average Bonchev–Trinajstić information content (AvgIpc) is 2.41. The van der Waals surface area contributed by atoms with E-state index in [1.54, 1.807) is 0 Å². The molecule has 0 aliphatic rings. The van der Waals surface area contributed by atoms with Gasteiger partial charge in [-0.15, -0.1) is 11.3 Å². The van der Waals surface area contributed by atoms with Gasteiger partial charge in [0.2, 0.25) is 0 Å². The number of thiophene rings is 1. The summed E-state index contributed by atoms with van der Waals surface area (Å²) in [7, 11) is 0. The van der Waals surface area contributed by atoms with Crippen molar-refractivity contribution in [2.24, 2.45) is 5.41 Å². The second-order valence-corrected chi connectivity index (χ2v) is 9.01. The number of rotatable bonds is 3. The van der Waals surface area contributed by atoms with E-state index in [-0.39, 0.29) is 16.9 Å². The van der Waals surface area contributed by atoms with Crippen LogP contribution in [0.2, 0.25) is 0 Å². The van der Waals surface area contributed by atoms with Crippen LogP contribution in [0.3, 0.4) is 0 Å². The summed E-state index contributed by atoms with van der Waals surface area (Å²) >= 11 is 4.94. The highest BCUT2D eigenvalue weighted by Crippen LogP contribution is 2.30. The Balaban J connectivity index is 2.75. The van der Waals surface area contributed by atoms with Crippen molar-refractivity contribution in [3.8, 4) is 0 Å². The van der Waals surface area contributed by atoms with Crippen molar-refractivity contribution >= 4 is 33.2 Å². The molecule has 1 N–H and O–H groups in total. The molecule has 4 heteroatoms. The molecule has 1 heterocycles. The van der Waals surface area contributed by atoms with E-state index in [1.807, 2.05) is 13.0 Å². The minimum atomic E-state index is -0.195. The van der Waals surface area contributed by atoms with Crippen molar-refractivity contribution < 1.29 is 4.79 Å². The zero-order valence-electron chi connectivity index (χ0n) is 12.0. The van der Waals surface area contributed by atoms with E-state index < -0.39 is 0 Å². The lowest BCUT2D eigenvalue weighted by atomic mass is 9.82. The van der Waals surface area contributed by atoms with E-state index >= 15 is 0 Å². The monoisotopic (exact) mass is 331 g/mol. The first-order valence-corrected chi connectivity index (χ1v) is 7.70. The average molecular weight is 332 g/mol. The lowest BCUT2D eigenvalue weighted by Gasteiger charge is -2.33. The molecular weight excluding hydrogens is 310 g/mol. The minimum Gasteiger partial charge on any atom is -0.346 e. The van der Waals surface area contributed by atoms with Crippen molar-refractivity contribution in [2.75, 3.05) is 0 Å². The van der Waals surface area contributed by atoms with E-state index in [0.29, 0.717) is 0 Å². The summed E-state index contributed by atoms with van der Waals surface area (Å²) in [6, 6.07) is 1.93. The Labute approximate surface area is 122 Å². The molecule has 1 amide bonds. The first-order chi connectivity index (χ1) is 8.00. The topological polar surface area (TPSA) is 29.1 Å². The maximum absolute atomic E-state index is 12.2. The molecule has 0 fully saturated rings. The Morgan fingerprint density at radius 1 is 1.33 bits per heavy atom. The normalized spacial score (nSPS) is 12.6. The van der Waals surface area contributed by atoms with E-state index in [1.165, 1.54) is 11.3 Å². The fourth-order valence-corrected chi connectivity index (χ4v) is 3.74. The van der Waals surface area contributed by atoms with Crippen molar-refractivity contribution in [1.29, 1.82) is 0 Å². The Kier molecular flexibility index (Phi) is 4.65. The lowest BCUT2D eigenvalue weighted by molar-refractivity contribution is 0.0895. The predicted molar refractivity (Wildman–Crippen MR) is 82.4 cm³/mol. The maximum atomic E-state index is 12.2. The number of halogens is 1. The number of carbonyl (C=O) groups is 1. The Morgan fingerprint density at radius 2 is 1.89 bits per heavy atom. The summed E-state index contributed by atoms with van der Waals surface area (Å²) in [5.74, 6) is 0.0167. The highest BCUT2D eigenvalue weighted by Gasteiger charge is 2.27. The van der Waals surface area contributed by atoms with Crippen LogP contribution in [0.25, 0.3) is 0 Å². The minimum absolute atomic E-state index is 0.0167.